The number of benzene rings is 2. The van der Waals surface area contributed by atoms with Crippen molar-refractivity contribution < 1.29 is 30.0 Å². The average molecular weight is 537 g/mol. The third-order valence-corrected chi connectivity index (χ3v) is 7.33. The van der Waals surface area contributed by atoms with E-state index in [0.717, 1.165) is 24.0 Å². The van der Waals surface area contributed by atoms with Crippen molar-refractivity contribution in [3.8, 4) is 0 Å². The Morgan fingerprint density at radius 1 is 0.694 bits per heavy atom. The van der Waals surface area contributed by atoms with E-state index < -0.39 is 11.9 Å². The molecule has 2 atom stereocenters. The monoisotopic (exact) mass is 536 g/mol. The van der Waals surface area contributed by atoms with E-state index in [1.54, 1.807) is 0 Å². The van der Waals surface area contributed by atoms with Gasteiger partial charge in [0.15, 0.2) is 0 Å². The number of hydrogen-bond donors (Lipinski definition) is 6. The van der Waals surface area contributed by atoms with Crippen molar-refractivity contribution >= 4 is 37.2 Å². The summed E-state index contributed by atoms with van der Waals surface area (Å²) in [6.07, 6.45) is 7.08. The summed E-state index contributed by atoms with van der Waals surface area (Å²) >= 11 is 8.66. The molecule has 0 aliphatic heterocycles. The van der Waals surface area contributed by atoms with Crippen molar-refractivity contribution in [2.75, 3.05) is 13.2 Å². The van der Waals surface area contributed by atoms with Crippen LogP contribution in [0.15, 0.2) is 60.7 Å². The lowest BCUT2D eigenvalue weighted by atomic mass is 9.75. The van der Waals surface area contributed by atoms with Crippen LogP contribution in [-0.2, 0) is 9.59 Å². The Kier molecular flexibility index (Phi) is 16.3. The van der Waals surface area contributed by atoms with Gasteiger partial charge in [-0.15, -0.1) is 0 Å². The van der Waals surface area contributed by atoms with Crippen LogP contribution in [0.3, 0.4) is 0 Å². The molecule has 2 aromatic carbocycles. The Labute approximate surface area is 225 Å². The summed E-state index contributed by atoms with van der Waals surface area (Å²) in [6, 6.07) is 19.4. The highest BCUT2D eigenvalue weighted by molar-refractivity contribution is 7.80. The van der Waals surface area contributed by atoms with Gasteiger partial charge in [-0.2, -0.15) is 25.3 Å². The van der Waals surface area contributed by atoms with Gasteiger partial charge in [-0.1, -0.05) is 79.9 Å². The first-order valence-electron chi connectivity index (χ1n) is 12.3. The largest absolute Gasteiger partial charge is 0.481 e. The number of aliphatic carboxylic acids is 2. The smallest absolute Gasteiger partial charge is 0.303 e. The molecule has 2 aromatic rings. The molecule has 1 aliphatic rings. The summed E-state index contributed by atoms with van der Waals surface area (Å²) in [6.45, 7) is 0.312. The molecule has 0 spiro atoms. The molecular weight excluding hydrogens is 496 g/mol. The average Bonchev–Trinajstić information content (AvgIpc) is 2.92. The fourth-order valence-corrected chi connectivity index (χ4v) is 4.47. The van der Waals surface area contributed by atoms with Crippen molar-refractivity contribution in [3.05, 3.63) is 71.8 Å². The SMILES string of the molecule is O=C(O)CCC(S)c1ccccc1.O=C(O)CCC(S)c1ccccc1.OCC1(CO)CCCCC1. The summed E-state index contributed by atoms with van der Waals surface area (Å²) in [5.74, 6) is -1.54. The van der Waals surface area contributed by atoms with Gasteiger partial charge in [-0.25, -0.2) is 0 Å². The summed E-state index contributed by atoms with van der Waals surface area (Å²) in [5.41, 5.74) is 2.03. The van der Waals surface area contributed by atoms with Crippen LogP contribution in [0.1, 0.15) is 79.4 Å². The summed E-state index contributed by atoms with van der Waals surface area (Å²) in [4.78, 5) is 20.6. The molecule has 1 fully saturated rings. The van der Waals surface area contributed by atoms with Crippen molar-refractivity contribution in [1.82, 2.24) is 0 Å². The van der Waals surface area contributed by atoms with Gasteiger partial charge < -0.3 is 20.4 Å². The van der Waals surface area contributed by atoms with Gasteiger partial charge in [0.2, 0.25) is 0 Å². The Hall–Kier alpha value is -2.00. The first-order valence-corrected chi connectivity index (χ1v) is 13.4. The van der Waals surface area contributed by atoms with Gasteiger partial charge in [0.1, 0.15) is 0 Å². The molecule has 0 aromatic heterocycles. The quantitative estimate of drug-likeness (QED) is 0.209. The zero-order valence-corrected chi connectivity index (χ0v) is 22.5. The van der Waals surface area contributed by atoms with Crippen LogP contribution < -0.4 is 0 Å². The maximum Gasteiger partial charge on any atom is 0.303 e. The van der Waals surface area contributed by atoms with E-state index in [0.29, 0.717) is 12.8 Å². The van der Waals surface area contributed by atoms with Crippen LogP contribution in [0, 0.1) is 5.41 Å². The number of thiol groups is 2. The Morgan fingerprint density at radius 2 is 1.06 bits per heavy atom. The molecule has 0 bridgehead atoms. The molecule has 0 amide bonds. The molecule has 3 rings (SSSR count). The minimum Gasteiger partial charge on any atom is -0.481 e. The zero-order chi connectivity index (χ0) is 26.8. The van der Waals surface area contributed by atoms with Crippen molar-refractivity contribution in [1.29, 1.82) is 0 Å². The minimum absolute atomic E-state index is 0.0253. The summed E-state index contributed by atoms with van der Waals surface area (Å²) in [7, 11) is 0. The number of carboxylic acids is 2. The van der Waals surface area contributed by atoms with Crippen LogP contribution in [0.4, 0.5) is 0 Å². The van der Waals surface area contributed by atoms with E-state index in [2.05, 4.69) is 25.3 Å². The first kappa shape index (κ1) is 32.0. The van der Waals surface area contributed by atoms with Gasteiger partial charge in [-0.05, 0) is 36.8 Å². The molecule has 4 N–H and O–H groups in total. The molecule has 1 aliphatic carbocycles. The normalized spacial score (nSPS) is 15.8. The van der Waals surface area contributed by atoms with E-state index in [-0.39, 0.29) is 42.0 Å². The highest BCUT2D eigenvalue weighted by atomic mass is 32.1. The standard InChI is InChI=1S/2C10H12O2S.C8H16O2/c2*11-10(12)7-6-9(13)8-4-2-1-3-5-8;9-6-8(7-10)4-2-1-3-5-8/h2*1-5,9,13H,6-7H2,(H,11,12);9-10H,1-7H2. The number of hydrogen-bond acceptors (Lipinski definition) is 6. The van der Waals surface area contributed by atoms with Crippen LogP contribution >= 0.6 is 25.3 Å². The van der Waals surface area contributed by atoms with Crippen molar-refractivity contribution in [2.45, 2.75) is 68.3 Å². The number of rotatable bonds is 10. The third kappa shape index (κ3) is 13.3. The van der Waals surface area contributed by atoms with Crippen LogP contribution in [0.25, 0.3) is 0 Å². The maximum atomic E-state index is 10.3. The van der Waals surface area contributed by atoms with E-state index in [9.17, 15) is 9.59 Å². The van der Waals surface area contributed by atoms with E-state index in [1.165, 1.54) is 19.3 Å². The van der Waals surface area contributed by atoms with Crippen molar-refractivity contribution in [3.63, 3.8) is 0 Å². The molecule has 0 saturated heterocycles. The Morgan fingerprint density at radius 3 is 1.33 bits per heavy atom. The van der Waals surface area contributed by atoms with Gasteiger partial charge in [0.05, 0.1) is 13.2 Å². The minimum atomic E-state index is -0.769. The second kappa shape index (κ2) is 18.3. The first-order chi connectivity index (χ1) is 17.2. The van der Waals surface area contributed by atoms with Crippen LogP contribution in [0.5, 0.6) is 0 Å². The van der Waals surface area contributed by atoms with Gasteiger partial charge in [-0.3, -0.25) is 9.59 Å². The molecule has 2 unspecified atom stereocenters. The van der Waals surface area contributed by atoms with E-state index >= 15 is 0 Å². The zero-order valence-electron chi connectivity index (χ0n) is 20.7. The molecular formula is C28H40O6S2. The maximum absolute atomic E-state index is 10.3. The summed E-state index contributed by atoms with van der Waals surface area (Å²) < 4.78 is 0. The van der Waals surface area contributed by atoms with Gasteiger partial charge in [0, 0.05) is 28.8 Å². The summed E-state index contributed by atoms with van der Waals surface area (Å²) in [5, 5.41) is 35.0. The predicted octanol–water partition coefficient (Wildman–Crippen LogP) is 5.97. The molecule has 6 nitrogen and oxygen atoms in total. The Balaban J connectivity index is 0.000000273. The third-order valence-electron chi connectivity index (χ3n) is 6.22. The number of aliphatic hydroxyl groups excluding tert-OH is 2. The second-order valence-corrected chi connectivity index (χ2v) is 10.3. The predicted molar refractivity (Wildman–Crippen MR) is 150 cm³/mol. The lowest BCUT2D eigenvalue weighted by molar-refractivity contribution is -0.138. The van der Waals surface area contributed by atoms with Crippen molar-refractivity contribution in [2.24, 2.45) is 5.41 Å². The molecule has 0 heterocycles. The second-order valence-electron chi connectivity index (χ2n) is 9.09. The van der Waals surface area contributed by atoms with Gasteiger partial charge in [0.25, 0.3) is 0 Å². The highest BCUT2D eigenvalue weighted by Gasteiger charge is 2.30. The number of carboxylic acid groups (broad SMARTS) is 2. The molecule has 200 valence electrons. The molecule has 1 saturated carbocycles. The molecule has 36 heavy (non-hydrogen) atoms. The van der Waals surface area contributed by atoms with Gasteiger partial charge >= 0.3 is 11.9 Å². The lowest BCUT2D eigenvalue weighted by Crippen LogP contribution is -2.31. The lowest BCUT2D eigenvalue weighted by Gasteiger charge is -2.33. The van der Waals surface area contributed by atoms with Crippen LogP contribution in [-0.4, -0.2) is 45.6 Å². The van der Waals surface area contributed by atoms with E-state index in [4.69, 9.17) is 20.4 Å². The molecule has 8 heteroatoms. The Bertz CT molecular complexity index is 791. The fraction of sp³-hybridized carbons (Fsp3) is 0.500. The fourth-order valence-electron chi connectivity index (χ4n) is 3.87. The number of aliphatic hydroxyl groups is 2. The molecule has 0 radical (unpaired) electrons. The van der Waals surface area contributed by atoms with Crippen LogP contribution in [0.2, 0.25) is 0 Å². The highest BCUT2D eigenvalue weighted by Crippen LogP contribution is 2.35. The number of carbonyl (C=O) groups is 2. The topological polar surface area (TPSA) is 115 Å². The van der Waals surface area contributed by atoms with E-state index in [1.807, 2.05) is 60.7 Å².